The molecule has 4 heteroatoms. The van der Waals surface area contributed by atoms with Crippen molar-refractivity contribution in [2.75, 3.05) is 19.6 Å². The minimum Gasteiger partial charge on any atom is -0.314 e. The number of rotatable bonds is 2. The van der Waals surface area contributed by atoms with Crippen molar-refractivity contribution in [3.63, 3.8) is 0 Å². The fourth-order valence-electron chi connectivity index (χ4n) is 1.71. The lowest BCUT2D eigenvalue weighted by Crippen LogP contribution is -2.49. The Hall–Kier alpha value is -1.00. The molecule has 0 bridgehead atoms. The van der Waals surface area contributed by atoms with Crippen LogP contribution < -0.4 is 5.32 Å². The third-order valence-electron chi connectivity index (χ3n) is 2.60. The lowest BCUT2D eigenvalue weighted by molar-refractivity contribution is 0.161. The zero-order valence-corrected chi connectivity index (χ0v) is 8.48. The van der Waals surface area contributed by atoms with Crippen LogP contribution in [0.1, 0.15) is 12.7 Å². The first-order valence-corrected chi connectivity index (χ1v) is 5.07. The SMILES string of the molecule is C[C@H]1CNCCN1Cc1ncccn1. The third-order valence-corrected chi connectivity index (χ3v) is 2.60. The summed E-state index contributed by atoms with van der Waals surface area (Å²) in [6, 6.07) is 2.43. The normalized spacial score (nSPS) is 23.6. The van der Waals surface area contributed by atoms with Crippen LogP contribution in [0, 0.1) is 0 Å². The van der Waals surface area contributed by atoms with Crippen LogP contribution in [0.4, 0.5) is 0 Å². The molecule has 4 nitrogen and oxygen atoms in total. The predicted octanol–water partition coefficient (Wildman–Crippen LogP) is 0.270. The molecule has 0 aliphatic carbocycles. The van der Waals surface area contributed by atoms with E-state index in [1.165, 1.54) is 0 Å². The van der Waals surface area contributed by atoms with E-state index >= 15 is 0 Å². The molecule has 14 heavy (non-hydrogen) atoms. The van der Waals surface area contributed by atoms with E-state index in [0.29, 0.717) is 6.04 Å². The summed E-state index contributed by atoms with van der Waals surface area (Å²) in [5.74, 6) is 0.918. The van der Waals surface area contributed by atoms with E-state index in [9.17, 15) is 0 Å². The molecule has 76 valence electrons. The van der Waals surface area contributed by atoms with Crippen molar-refractivity contribution in [1.29, 1.82) is 0 Å². The molecule has 1 fully saturated rings. The van der Waals surface area contributed by atoms with E-state index < -0.39 is 0 Å². The van der Waals surface area contributed by atoms with Gasteiger partial charge in [-0.25, -0.2) is 9.97 Å². The molecular formula is C10H16N4. The van der Waals surface area contributed by atoms with Crippen molar-refractivity contribution in [2.45, 2.75) is 19.5 Å². The van der Waals surface area contributed by atoms with Crippen molar-refractivity contribution >= 4 is 0 Å². The van der Waals surface area contributed by atoms with Gasteiger partial charge in [0.2, 0.25) is 0 Å². The Morgan fingerprint density at radius 3 is 3.00 bits per heavy atom. The van der Waals surface area contributed by atoms with Crippen LogP contribution in [0.15, 0.2) is 18.5 Å². The van der Waals surface area contributed by atoms with E-state index in [-0.39, 0.29) is 0 Å². The Balaban J connectivity index is 1.96. The van der Waals surface area contributed by atoms with E-state index in [1.807, 2.05) is 6.07 Å². The molecule has 0 unspecified atom stereocenters. The highest BCUT2D eigenvalue weighted by molar-refractivity contribution is 4.90. The van der Waals surface area contributed by atoms with E-state index in [2.05, 4.69) is 27.1 Å². The maximum absolute atomic E-state index is 4.23. The lowest BCUT2D eigenvalue weighted by atomic mass is 10.2. The van der Waals surface area contributed by atoms with E-state index in [4.69, 9.17) is 0 Å². The van der Waals surface area contributed by atoms with Gasteiger partial charge in [-0.1, -0.05) is 0 Å². The fraction of sp³-hybridized carbons (Fsp3) is 0.600. The molecule has 0 aromatic carbocycles. The highest BCUT2D eigenvalue weighted by Gasteiger charge is 2.18. The third kappa shape index (κ3) is 2.27. The molecule has 1 atom stereocenters. The molecule has 1 aliphatic rings. The van der Waals surface area contributed by atoms with Gasteiger partial charge in [0.25, 0.3) is 0 Å². The van der Waals surface area contributed by atoms with Gasteiger partial charge in [0, 0.05) is 38.1 Å². The number of nitrogens with one attached hydrogen (secondary N) is 1. The Bertz CT molecular complexity index is 275. The maximum atomic E-state index is 4.23. The Kier molecular flexibility index (Phi) is 3.06. The fourth-order valence-corrected chi connectivity index (χ4v) is 1.71. The Morgan fingerprint density at radius 2 is 2.29 bits per heavy atom. The first kappa shape index (κ1) is 9.55. The summed E-state index contributed by atoms with van der Waals surface area (Å²) in [4.78, 5) is 10.9. The van der Waals surface area contributed by atoms with E-state index in [0.717, 1.165) is 32.0 Å². The predicted molar refractivity (Wildman–Crippen MR) is 54.8 cm³/mol. The summed E-state index contributed by atoms with van der Waals surface area (Å²) in [7, 11) is 0. The number of piperazine rings is 1. The second kappa shape index (κ2) is 4.48. The topological polar surface area (TPSA) is 41.0 Å². The monoisotopic (exact) mass is 192 g/mol. The molecule has 1 saturated heterocycles. The second-order valence-corrected chi connectivity index (χ2v) is 3.69. The summed E-state index contributed by atoms with van der Waals surface area (Å²) in [6.07, 6.45) is 3.60. The maximum Gasteiger partial charge on any atom is 0.142 e. The van der Waals surface area contributed by atoms with Crippen LogP contribution in [0.5, 0.6) is 0 Å². The number of hydrogen-bond acceptors (Lipinski definition) is 4. The average molecular weight is 192 g/mol. The Labute approximate surface area is 84.4 Å². The summed E-state index contributed by atoms with van der Waals surface area (Å²) < 4.78 is 0. The summed E-state index contributed by atoms with van der Waals surface area (Å²) in [5, 5.41) is 3.37. The number of aromatic nitrogens is 2. The molecule has 1 aliphatic heterocycles. The molecule has 0 amide bonds. The van der Waals surface area contributed by atoms with Gasteiger partial charge in [0.1, 0.15) is 5.82 Å². The Morgan fingerprint density at radius 1 is 1.50 bits per heavy atom. The van der Waals surface area contributed by atoms with Gasteiger partial charge in [-0.05, 0) is 13.0 Å². The van der Waals surface area contributed by atoms with Gasteiger partial charge in [0.15, 0.2) is 0 Å². The molecule has 0 saturated carbocycles. The van der Waals surface area contributed by atoms with Crippen molar-refractivity contribution in [3.05, 3.63) is 24.3 Å². The first-order chi connectivity index (χ1) is 6.86. The molecule has 1 aromatic rings. The highest BCUT2D eigenvalue weighted by Crippen LogP contribution is 2.05. The van der Waals surface area contributed by atoms with Crippen LogP contribution in [0.3, 0.4) is 0 Å². The minimum atomic E-state index is 0.576. The molecule has 1 aromatic heterocycles. The summed E-state index contributed by atoms with van der Waals surface area (Å²) in [5.41, 5.74) is 0. The zero-order valence-electron chi connectivity index (χ0n) is 8.48. The van der Waals surface area contributed by atoms with Crippen LogP contribution in [-0.2, 0) is 6.54 Å². The molecule has 0 spiro atoms. The average Bonchev–Trinajstić information content (AvgIpc) is 2.23. The van der Waals surface area contributed by atoms with Gasteiger partial charge in [0.05, 0.1) is 6.54 Å². The molecule has 2 rings (SSSR count). The summed E-state index contributed by atoms with van der Waals surface area (Å²) >= 11 is 0. The van der Waals surface area contributed by atoms with Crippen LogP contribution in [0.2, 0.25) is 0 Å². The molecule has 1 N–H and O–H groups in total. The smallest absolute Gasteiger partial charge is 0.142 e. The first-order valence-electron chi connectivity index (χ1n) is 5.07. The van der Waals surface area contributed by atoms with Crippen LogP contribution >= 0.6 is 0 Å². The van der Waals surface area contributed by atoms with Gasteiger partial charge in [-0.2, -0.15) is 0 Å². The molecule has 0 radical (unpaired) electrons. The summed E-state index contributed by atoms with van der Waals surface area (Å²) in [6.45, 7) is 6.31. The van der Waals surface area contributed by atoms with Crippen LogP contribution in [0.25, 0.3) is 0 Å². The van der Waals surface area contributed by atoms with Crippen LogP contribution in [-0.4, -0.2) is 40.5 Å². The lowest BCUT2D eigenvalue weighted by Gasteiger charge is -2.33. The standard InChI is InChI=1S/C10H16N4/c1-9-7-11-5-6-14(9)8-10-12-3-2-4-13-10/h2-4,9,11H,5-8H2,1H3/t9-/m0/s1. The van der Waals surface area contributed by atoms with Crippen molar-refractivity contribution in [2.24, 2.45) is 0 Å². The highest BCUT2D eigenvalue weighted by atomic mass is 15.2. The van der Waals surface area contributed by atoms with Gasteiger partial charge < -0.3 is 5.32 Å². The zero-order chi connectivity index (χ0) is 9.80. The van der Waals surface area contributed by atoms with Crippen molar-refractivity contribution in [3.8, 4) is 0 Å². The number of nitrogens with zero attached hydrogens (tertiary/aromatic N) is 3. The van der Waals surface area contributed by atoms with Crippen molar-refractivity contribution in [1.82, 2.24) is 20.2 Å². The van der Waals surface area contributed by atoms with Crippen molar-refractivity contribution < 1.29 is 0 Å². The largest absolute Gasteiger partial charge is 0.314 e. The molecule has 2 heterocycles. The van der Waals surface area contributed by atoms with Gasteiger partial charge in [-0.3, -0.25) is 4.90 Å². The minimum absolute atomic E-state index is 0.576. The second-order valence-electron chi connectivity index (χ2n) is 3.69. The van der Waals surface area contributed by atoms with Gasteiger partial charge in [-0.15, -0.1) is 0 Å². The van der Waals surface area contributed by atoms with E-state index in [1.54, 1.807) is 12.4 Å². The van der Waals surface area contributed by atoms with Gasteiger partial charge >= 0.3 is 0 Å². The number of hydrogen-bond donors (Lipinski definition) is 1. The molecular weight excluding hydrogens is 176 g/mol. The quantitative estimate of drug-likeness (QED) is 0.730.